The van der Waals surface area contributed by atoms with E-state index < -0.39 is 23.7 Å². The normalized spacial score (nSPS) is 34.8. The second-order valence-corrected chi connectivity index (χ2v) is 5.08. The summed E-state index contributed by atoms with van der Waals surface area (Å²) in [5, 5.41) is 15.1. The molecule has 3 N–H and O–H groups in total. The molecule has 0 spiro atoms. The van der Waals surface area contributed by atoms with E-state index in [9.17, 15) is 14.7 Å². The summed E-state index contributed by atoms with van der Waals surface area (Å²) in [5.41, 5.74) is -0.954. The van der Waals surface area contributed by atoms with E-state index in [2.05, 4.69) is 17.2 Å². The first-order valence-corrected chi connectivity index (χ1v) is 6.56. The van der Waals surface area contributed by atoms with Gasteiger partial charge in [0.2, 0.25) is 5.91 Å². The maximum absolute atomic E-state index is 12.1. The molecule has 1 aliphatic carbocycles. The fraction of sp³-hybridized carbons (Fsp3) is 0.692. The summed E-state index contributed by atoms with van der Waals surface area (Å²) in [7, 11) is 0. The van der Waals surface area contributed by atoms with E-state index in [0.717, 1.165) is 0 Å². The lowest BCUT2D eigenvalue weighted by molar-refractivity contribution is -0.149. The van der Waals surface area contributed by atoms with Crippen molar-refractivity contribution in [3.63, 3.8) is 0 Å². The van der Waals surface area contributed by atoms with E-state index in [1.807, 2.05) is 0 Å². The Labute approximate surface area is 124 Å². The molecular weight excluding hydrogens is 284 g/mol. The Morgan fingerprint density at radius 3 is 2.75 bits per heavy atom. The number of halogens is 1. The van der Waals surface area contributed by atoms with Crippen molar-refractivity contribution in [3.05, 3.63) is 12.7 Å². The zero-order valence-electron chi connectivity index (χ0n) is 11.4. The minimum absolute atomic E-state index is 0. The van der Waals surface area contributed by atoms with Gasteiger partial charge in [0.15, 0.2) is 0 Å². The first kappa shape index (κ1) is 16.9. The van der Waals surface area contributed by atoms with Crippen LogP contribution in [0.3, 0.4) is 0 Å². The van der Waals surface area contributed by atoms with Crippen LogP contribution < -0.4 is 10.6 Å². The van der Waals surface area contributed by atoms with E-state index in [1.165, 1.54) is 0 Å². The predicted molar refractivity (Wildman–Crippen MR) is 75.5 cm³/mol. The number of hydrogen-bond acceptors (Lipinski definition) is 5. The van der Waals surface area contributed by atoms with Gasteiger partial charge in [0, 0.05) is 12.5 Å². The smallest absolute Gasteiger partial charge is 0.332 e. The van der Waals surface area contributed by atoms with E-state index in [-0.39, 0.29) is 30.8 Å². The van der Waals surface area contributed by atoms with Gasteiger partial charge in [-0.1, -0.05) is 6.08 Å². The van der Waals surface area contributed by atoms with Gasteiger partial charge in [-0.25, -0.2) is 4.79 Å². The number of esters is 1. The Morgan fingerprint density at radius 1 is 1.60 bits per heavy atom. The SMILES string of the molecule is C=CC1CC1(NC(=O)C1C[C@@H](O)CN1)C(=O)OCC.Cl. The average Bonchev–Trinajstić information content (AvgIpc) is 2.92. The lowest BCUT2D eigenvalue weighted by Crippen LogP contribution is -2.51. The minimum Gasteiger partial charge on any atom is -0.464 e. The zero-order chi connectivity index (χ0) is 14.0. The van der Waals surface area contributed by atoms with Crippen LogP contribution in [-0.4, -0.2) is 47.8 Å². The fourth-order valence-electron chi connectivity index (χ4n) is 2.49. The maximum atomic E-state index is 12.1. The summed E-state index contributed by atoms with van der Waals surface area (Å²) >= 11 is 0. The molecule has 1 heterocycles. The fourth-order valence-corrected chi connectivity index (χ4v) is 2.49. The summed E-state index contributed by atoms with van der Waals surface area (Å²) in [6.45, 7) is 6.07. The van der Waals surface area contributed by atoms with Crippen LogP contribution in [0.15, 0.2) is 12.7 Å². The van der Waals surface area contributed by atoms with Gasteiger partial charge >= 0.3 is 5.97 Å². The molecule has 1 amide bonds. The molecule has 114 valence electrons. The van der Waals surface area contributed by atoms with Crippen LogP contribution in [-0.2, 0) is 14.3 Å². The molecule has 4 atom stereocenters. The number of carbonyl (C=O) groups excluding carboxylic acids is 2. The van der Waals surface area contributed by atoms with Crippen LogP contribution in [0.1, 0.15) is 19.8 Å². The molecule has 3 unspecified atom stereocenters. The number of nitrogens with one attached hydrogen (secondary N) is 2. The number of rotatable bonds is 5. The monoisotopic (exact) mass is 304 g/mol. The number of aliphatic hydroxyl groups excluding tert-OH is 1. The van der Waals surface area contributed by atoms with Crippen molar-refractivity contribution in [1.82, 2.24) is 10.6 Å². The highest BCUT2D eigenvalue weighted by molar-refractivity contribution is 5.93. The molecule has 20 heavy (non-hydrogen) atoms. The van der Waals surface area contributed by atoms with Gasteiger partial charge < -0.3 is 20.5 Å². The van der Waals surface area contributed by atoms with E-state index in [4.69, 9.17) is 4.74 Å². The third-order valence-corrected chi connectivity index (χ3v) is 3.71. The molecule has 0 bridgehead atoms. The average molecular weight is 305 g/mol. The van der Waals surface area contributed by atoms with Crippen LogP contribution >= 0.6 is 12.4 Å². The molecule has 1 saturated carbocycles. The lowest BCUT2D eigenvalue weighted by atomic mass is 10.1. The number of hydrogen-bond donors (Lipinski definition) is 3. The number of ether oxygens (including phenoxy) is 1. The summed E-state index contributed by atoms with van der Waals surface area (Å²) in [5.74, 6) is -0.762. The Bertz CT molecular complexity index is 404. The van der Waals surface area contributed by atoms with Gasteiger partial charge in [0.1, 0.15) is 5.54 Å². The van der Waals surface area contributed by atoms with E-state index in [1.54, 1.807) is 13.0 Å². The largest absolute Gasteiger partial charge is 0.464 e. The van der Waals surface area contributed by atoms with E-state index in [0.29, 0.717) is 19.4 Å². The van der Waals surface area contributed by atoms with Crippen molar-refractivity contribution in [1.29, 1.82) is 0 Å². The highest BCUT2D eigenvalue weighted by Gasteiger charge is 2.61. The van der Waals surface area contributed by atoms with Crippen molar-refractivity contribution in [2.45, 2.75) is 37.5 Å². The summed E-state index contributed by atoms with van der Waals surface area (Å²) in [6, 6.07) is -0.452. The third-order valence-electron chi connectivity index (χ3n) is 3.71. The van der Waals surface area contributed by atoms with Crippen molar-refractivity contribution < 1.29 is 19.4 Å². The Kier molecular flexibility index (Phi) is 5.56. The van der Waals surface area contributed by atoms with Gasteiger partial charge in [-0.3, -0.25) is 4.79 Å². The molecule has 2 aliphatic rings. The Hall–Kier alpha value is -1.11. The topological polar surface area (TPSA) is 87.7 Å². The molecule has 2 fully saturated rings. The molecule has 6 nitrogen and oxygen atoms in total. The summed E-state index contributed by atoms with van der Waals surface area (Å²) in [6.07, 6.45) is 2.04. The van der Waals surface area contributed by atoms with Crippen molar-refractivity contribution in [3.8, 4) is 0 Å². The summed E-state index contributed by atoms with van der Waals surface area (Å²) in [4.78, 5) is 24.0. The first-order valence-electron chi connectivity index (χ1n) is 6.56. The van der Waals surface area contributed by atoms with Crippen LogP contribution in [0.5, 0.6) is 0 Å². The first-order chi connectivity index (χ1) is 9.03. The second kappa shape index (κ2) is 6.56. The molecule has 1 saturated heterocycles. The molecule has 7 heteroatoms. The van der Waals surface area contributed by atoms with Crippen LogP contribution in [0.25, 0.3) is 0 Å². The number of β-amino-alcohol motifs (C(OH)–C–C–N with tert-alkyl or cyclic N) is 1. The Morgan fingerprint density at radius 2 is 2.30 bits per heavy atom. The van der Waals surface area contributed by atoms with Gasteiger partial charge in [0.05, 0.1) is 18.8 Å². The quantitative estimate of drug-likeness (QED) is 0.482. The molecule has 2 rings (SSSR count). The van der Waals surface area contributed by atoms with Gasteiger partial charge in [-0.15, -0.1) is 19.0 Å². The van der Waals surface area contributed by atoms with E-state index >= 15 is 0 Å². The standard InChI is InChI=1S/C13H20N2O4.ClH/c1-3-8-6-13(8,12(18)19-4-2)15-11(17)10-5-9(16)7-14-10;/h3,8-10,14,16H,1,4-7H2,2H3,(H,15,17);1H/t8?,9-,10?,13?;/m1./s1. The second-order valence-electron chi connectivity index (χ2n) is 5.08. The van der Waals surface area contributed by atoms with Crippen LogP contribution in [0.4, 0.5) is 0 Å². The highest BCUT2D eigenvalue weighted by Crippen LogP contribution is 2.45. The predicted octanol–water partition coefficient (Wildman–Crippen LogP) is -0.245. The maximum Gasteiger partial charge on any atom is 0.332 e. The molecule has 0 aromatic rings. The van der Waals surface area contributed by atoms with Crippen molar-refractivity contribution in [2.24, 2.45) is 5.92 Å². The Balaban J connectivity index is 0.00000200. The zero-order valence-corrected chi connectivity index (χ0v) is 12.2. The highest BCUT2D eigenvalue weighted by atomic mass is 35.5. The molecule has 0 aromatic heterocycles. The van der Waals surface area contributed by atoms with Gasteiger partial charge in [0.25, 0.3) is 0 Å². The number of carbonyl (C=O) groups is 2. The van der Waals surface area contributed by atoms with Crippen LogP contribution in [0.2, 0.25) is 0 Å². The lowest BCUT2D eigenvalue weighted by Gasteiger charge is -2.19. The van der Waals surface area contributed by atoms with Crippen LogP contribution in [0, 0.1) is 5.92 Å². The van der Waals surface area contributed by atoms with Crippen molar-refractivity contribution >= 4 is 24.3 Å². The number of aliphatic hydroxyl groups is 1. The molecule has 1 aliphatic heterocycles. The van der Waals surface area contributed by atoms with Gasteiger partial charge in [-0.2, -0.15) is 0 Å². The van der Waals surface area contributed by atoms with Crippen molar-refractivity contribution in [2.75, 3.05) is 13.2 Å². The molecular formula is C13H21ClN2O4. The molecule has 0 aromatic carbocycles. The summed E-state index contributed by atoms with van der Waals surface area (Å²) < 4.78 is 5.01. The molecule has 0 radical (unpaired) electrons. The number of amides is 1. The minimum atomic E-state index is -0.954. The third kappa shape index (κ3) is 3.13. The van der Waals surface area contributed by atoms with Gasteiger partial charge in [-0.05, 0) is 19.8 Å².